The number of nitrogens with zero attached hydrogens (tertiary/aromatic N) is 1. The zero-order chi connectivity index (χ0) is 15.6. The lowest BCUT2D eigenvalue weighted by Gasteiger charge is -2.30. The van der Waals surface area contributed by atoms with Gasteiger partial charge in [-0.1, -0.05) is 45.0 Å². The van der Waals surface area contributed by atoms with Crippen LogP contribution < -0.4 is 5.32 Å². The maximum atomic E-state index is 12.2. The van der Waals surface area contributed by atoms with Crippen molar-refractivity contribution in [2.24, 2.45) is 0 Å². The van der Waals surface area contributed by atoms with Crippen molar-refractivity contribution in [2.75, 3.05) is 18.6 Å². The van der Waals surface area contributed by atoms with Gasteiger partial charge in [-0.05, 0) is 29.7 Å². The molecule has 1 heterocycles. The van der Waals surface area contributed by atoms with Gasteiger partial charge in [0.05, 0.1) is 6.54 Å². The first-order valence-electron chi connectivity index (χ1n) is 7.48. The van der Waals surface area contributed by atoms with Gasteiger partial charge in [0.1, 0.15) is 6.17 Å². The fourth-order valence-corrected chi connectivity index (χ4v) is 3.43. The molecule has 21 heavy (non-hydrogen) atoms. The molecule has 2 unspecified atom stereocenters. The van der Waals surface area contributed by atoms with E-state index < -0.39 is 0 Å². The lowest BCUT2D eigenvalue weighted by molar-refractivity contribution is -0.129. The summed E-state index contributed by atoms with van der Waals surface area (Å²) in [6, 6.07) is 8.90. The number of carbonyl (C=O) groups excluding carboxylic acids is 1. The van der Waals surface area contributed by atoms with Gasteiger partial charge in [-0.2, -0.15) is 11.8 Å². The number of nitrogens with one attached hydrogen (secondary N) is 1. The van der Waals surface area contributed by atoms with Crippen LogP contribution in [-0.4, -0.2) is 35.4 Å². The van der Waals surface area contributed by atoms with Crippen LogP contribution in [0.15, 0.2) is 24.3 Å². The Morgan fingerprint density at radius 2 is 1.95 bits per heavy atom. The molecule has 1 aliphatic heterocycles. The fraction of sp³-hybridized carbons (Fsp3) is 0.588. The maximum absolute atomic E-state index is 12.2. The molecule has 1 N–H and O–H groups in total. The van der Waals surface area contributed by atoms with Gasteiger partial charge in [0.25, 0.3) is 0 Å². The predicted octanol–water partition coefficient (Wildman–Crippen LogP) is 3.17. The average Bonchev–Trinajstić information content (AvgIpc) is 2.80. The molecule has 0 aromatic heterocycles. The van der Waals surface area contributed by atoms with E-state index in [0.717, 1.165) is 5.75 Å². The SMILES string of the molecule is CSCC(C)N1C(=O)CNC1c1ccc(C(C)(C)C)cc1. The Balaban J connectivity index is 2.22. The van der Waals surface area contributed by atoms with E-state index in [1.807, 2.05) is 4.90 Å². The van der Waals surface area contributed by atoms with Gasteiger partial charge < -0.3 is 4.90 Å². The highest BCUT2D eigenvalue weighted by atomic mass is 32.2. The minimum absolute atomic E-state index is 0.00803. The number of amides is 1. The molecular formula is C17H26N2OS. The molecule has 1 amide bonds. The van der Waals surface area contributed by atoms with Crippen LogP contribution in [0.4, 0.5) is 0 Å². The molecule has 0 radical (unpaired) electrons. The molecule has 2 rings (SSSR count). The smallest absolute Gasteiger partial charge is 0.238 e. The van der Waals surface area contributed by atoms with Gasteiger partial charge >= 0.3 is 0 Å². The second-order valence-electron chi connectivity index (χ2n) is 6.76. The first-order valence-corrected chi connectivity index (χ1v) is 8.88. The zero-order valence-electron chi connectivity index (χ0n) is 13.6. The summed E-state index contributed by atoms with van der Waals surface area (Å²) in [4.78, 5) is 14.1. The van der Waals surface area contributed by atoms with E-state index in [1.165, 1.54) is 11.1 Å². The summed E-state index contributed by atoms with van der Waals surface area (Å²) >= 11 is 1.78. The minimum atomic E-state index is 0.00803. The third-order valence-corrected chi connectivity index (χ3v) is 4.80. The standard InChI is InChI=1S/C17H26N2OS/c1-12(11-21-5)19-15(20)10-18-16(19)13-6-8-14(9-7-13)17(2,3)4/h6-9,12,16,18H,10-11H2,1-5H3. The predicted molar refractivity (Wildman–Crippen MR) is 90.6 cm³/mol. The molecule has 0 aliphatic carbocycles. The van der Waals surface area contributed by atoms with E-state index in [2.05, 4.69) is 63.5 Å². The molecule has 2 atom stereocenters. The summed E-state index contributed by atoms with van der Waals surface area (Å²) in [5.41, 5.74) is 2.64. The molecule has 1 saturated heterocycles. The summed E-state index contributed by atoms with van der Waals surface area (Å²) in [6.45, 7) is 9.20. The van der Waals surface area contributed by atoms with Crippen molar-refractivity contribution in [3.8, 4) is 0 Å². The summed E-state index contributed by atoms with van der Waals surface area (Å²) < 4.78 is 0. The average molecular weight is 306 g/mol. The van der Waals surface area contributed by atoms with Crippen molar-refractivity contribution >= 4 is 17.7 Å². The van der Waals surface area contributed by atoms with Gasteiger partial charge in [0.15, 0.2) is 0 Å². The number of rotatable bonds is 4. The van der Waals surface area contributed by atoms with Crippen molar-refractivity contribution in [3.05, 3.63) is 35.4 Å². The van der Waals surface area contributed by atoms with Crippen LogP contribution in [0.1, 0.15) is 45.0 Å². The van der Waals surface area contributed by atoms with Crippen molar-refractivity contribution in [1.82, 2.24) is 10.2 Å². The van der Waals surface area contributed by atoms with Gasteiger partial charge in [-0.3, -0.25) is 10.1 Å². The van der Waals surface area contributed by atoms with E-state index in [1.54, 1.807) is 11.8 Å². The Morgan fingerprint density at radius 1 is 1.33 bits per heavy atom. The fourth-order valence-electron chi connectivity index (χ4n) is 2.78. The van der Waals surface area contributed by atoms with Gasteiger partial charge in [0, 0.05) is 11.8 Å². The molecule has 0 bridgehead atoms. The number of hydrogen-bond acceptors (Lipinski definition) is 3. The molecule has 1 aromatic carbocycles. The Kier molecular flexibility index (Phi) is 4.99. The molecule has 0 saturated carbocycles. The largest absolute Gasteiger partial charge is 0.318 e. The quantitative estimate of drug-likeness (QED) is 0.927. The maximum Gasteiger partial charge on any atom is 0.238 e. The van der Waals surface area contributed by atoms with Crippen LogP contribution in [0.5, 0.6) is 0 Å². The van der Waals surface area contributed by atoms with E-state index >= 15 is 0 Å². The number of benzene rings is 1. The molecule has 1 aliphatic rings. The first kappa shape index (κ1) is 16.4. The highest BCUT2D eigenvalue weighted by Crippen LogP contribution is 2.28. The summed E-state index contributed by atoms with van der Waals surface area (Å²) in [5, 5.41) is 3.34. The second kappa shape index (κ2) is 6.41. The van der Waals surface area contributed by atoms with E-state index in [-0.39, 0.29) is 23.5 Å². The number of hydrogen-bond donors (Lipinski definition) is 1. The van der Waals surface area contributed by atoms with E-state index in [0.29, 0.717) is 6.54 Å². The Labute approximate surface area is 132 Å². The van der Waals surface area contributed by atoms with Crippen molar-refractivity contribution in [2.45, 2.75) is 45.3 Å². The third-order valence-electron chi connectivity index (χ3n) is 3.99. The zero-order valence-corrected chi connectivity index (χ0v) is 14.5. The molecular weight excluding hydrogens is 280 g/mol. The molecule has 1 aromatic rings. The van der Waals surface area contributed by atoms with Crippen LogP contribution in [0.2, 0.25) is 0 Å². The molecule has 0 spiro atoms. The Morgan fingerprint density at radius 3 is 2.48 bits per heavy atom. The Hall–Kier alpha value is -1.00. The van der Waals surface area contributed by atoms with Gasteiger partial charge in [0.2, 0.25) is 5.91 Å². The normalized spacial score (nSPS) is 20.9. The number of thioether (sulfide) groups is 1. The van der Waals surface area contributed by atoms with Crippen LogP contribution in [0, 0.1) is 0 Å². The van der Waals surface area contributed by atoms with Crippen LogP contribution in [-0.2, 0) is 10.2 Å². The topological polar surface area (TPSA) is 32.3 Å². The van der Waals surface area contributed by atoms with E-state index in [9.17, 15) is 4.79 Å². The highest BCUT2D eigenvalue weighted by Gasteiger charge is 2.34. The van der Waals surface area contributed by atoms with Crippen LogP contribution in [0.3, 0.4) is 0 Å². The van der Waals surface area contributed by atoms with Crippen molar-refractivity contribution < 1.29 is 4.79 Å². The summed E-state index contributed by atoms with van der Waals surface area (Å²) in [5.74, 6) is 1.16. The highest BCUT2D eigenvalue weighted by molar-refractivity contribution is 7.98. The van der Waals surface area contributed by atoms with Gasteiger partial charge in [-0.15, -0.1) is 0 Å². The first-order chi connectivity index (χ1) is 9.84. The van der Waals surface area contributed by atoms with E-state index in [4.69, 9.17) is 0 Å². The van der Waals surface area contributed by atoms with Crippen LogP contribution >= 0.6 is 11.8 Å². The minimum Gasteiger partial charge on any atom is -0.318 e. The third kappa shape index (κ3) is 3.61. The summed E-state index contributed by atoms with van der Waals surface area (Å²) in [7, 11) is 0. The molecule has 1 fully saturated rings. The molecule has 4 heteroatoms. The lowest BCUT2D eigenvalue weighted by atomic mass is 9.86. The molecule has 116 valence electrons. The monoisotopic (exact) mass is 306 g/mol. The molecule has 3 nitrogen and oxygen atoms in total. The van der Waals surface area contributed by atoms with Crippen LogP contribution in [0.25, 0.3) is 0 Å². The number of carbonyl (C=O) groups is 1. The lowest BCUT2D eigenvalue weighted by Crippen LogP contribution is -2.39. The summed E-state index contributed by atoms with van der Waals surface area (Å²) in [6.07, 6.45) is 2.09. The van der Waals surface area contributed by atoms with Crippen molar-refractivity contribution in [3.63, 3.8) is 0 Å². The van der Waals surface area contributed by atoms with Crippen molar-refractivity contribution in [1.29, 1.82) is 0 Å². The van der Waals surface area contributed by atoms with Gasteiger partial charge in [-0.25, -0.2) is 0 Å². The Bertz CT molecular complexity index is 493. The second-order valence-corrected chi connectivity index (χ2v) is 7.67.